The van der Waals surface area contributed by atoms with Crippen molar-refractivity contribution in [3.8, 4) is 11.5 Å². The van der Waals surface area contributed by atoms with Crippen molar-refractivity contribution in [3.63, 3.8) is 0 Å². The second-order valence-electron chi connectivity index (χ2n) is 8.69. The number of carbonyl (C=O) groups excluding carboxylic acids is 1. The fourth-order valence-corrected chi connectivity index (χ4v) is 5.20. The Balaban J connectivity index is 1.97. The molecule has 0 radical (unpaired) electrons. The highest BCUT2D eigenvalue weighted by Gasteiger charge is 2.45. The standard InChI is InChI=1S/C27H24ClF3N2O5S/c1-5-37-25(35)21-22(16-7-9-17(28)10-8-16)33-24(34)20(39-26(33)32-23(21)27(29,30)31)13-15-6-11-18(38-14(2)3)19(12-15)36-4/h6-14,22H,5H2,1-4H3/b20-13-/t22-/m1/s1. The van der Waals surface area contributed by atoms with Gasteiger partial charge in [-0.2, -0.15) is 13.2 Å². The second kappa shape index (κ2) is 11.3. The molecular formula is C27H24ClF3N2O5S. The van der Waals surface area contributed by atoms with Gasteiger partial charge >= 0.3 is 12.1 Å². The van der Waals surface area contributed by atoms with Crippen molar-refractivity contribution in [2.45, 2.75) is 39.1 Å². The van der Waals surface area contributed by atoms with Crippen LogP contribution in [0.1, 0.15) is 37.9 Å². The van der Waals surface area contributed by atoms with E-state index in [-0.39, 0.29) is 27.6 Å². The monoisotopic (exact) mass is 580 g/mol. The van der Waals surface area contributed by atoms with Gasteiger partial charge in [-0.25, -0.2) is 9.79 Å². The van der Waals surface area contributed by atoms with Gasteiger partial charge in [0.1, 0.15) is 0 Å². The summed E-state index contributed by atoms with van der Waals surface area (Å²) in [6, 6.07) is 9.44. The fraction of sp³-hybridized carbons (Fsp3) is 0.296. The molecule has 0 spiro atoms. The summed E-state index contributed by atoms with van der Waals surface area (Å²) >= 11 is 6.77. The highest BCUT2D eigenvalue weighted by Crippen LogP contribution is 2.38. The molecule has 2 heterocycles. The molecule has 3 aromatic rings. The van der Waals surface area contributed by atoms with E-state index in [2.05, 4.69) is 4.99 Å². The van der Waals surface area contributed by atoms with Gasteiger partial charge in [-0.15, -0.1) is 0 Å². The minimum Gasteiger partial charge on any atom is -0.493 e. The van der Waals surface area contributed by atoms with Crippen LogP contribution in [0.4, 0.5) is 13.2 Å². The number of methoxy groups -OCH3 is 1. The number of alkyl halides is 3. The Morgan fingerprint density at radius 3 is 2.46 bits per heavy atom. The van der Waals surface area contributed by atoms with Crippen molar-refractivity contribution in [1.29, 1.82) is 0 Å². The van der Waals surface area contributed by atoms with Crippen LogP contribution in [0.5, 0.6) is 11.5 Å². The third-order valence-electron chi connectivity index (χ3n) is 5.63. The van der Waals surface area contributed by atoms with E-state index in [0.717, 1.165) is 15.9 Å². The largest absolute Gasteiger partial charge is 0.493 e. The summed E-state index contributed by atoms with van der Waals surface area (Å²) in [5.74, 6) is -0.288. The van der Waals surface area contributed by atoms with E-state index >= 15 is 0 Å². The van der Waals surface area contributed by atoms with Crippen molar-refractivity contribution in [3.05, 3.63) is 89.6 Å². The number of rotatable bonds is 7. The molecule has 0 aliphatic carbocycles. The number of thiazole rings is 1. The van der Waals surface area contributed by atoms with E-state index in [9.17, 15) is 22.8 Å². The Morgan fingerprint density at radius 1 is 1.18 bits per heavy atom. The Kier molecular flexibility index (Phi) is 8.22. The van der Waals surface area contributed by atoms with Crippen molar-refractivity contribution < 1.29 is 32.2 Å². The molecule has 39 heavy (non-hydrogen) atoms. The molecule has 1 aromatic heterocycles. The van der Waals surface area contributed by atoms with Crippen LogP contribution in [0.15, 0.2) is 63.5 Å². The first-order chi connectivity index (χ1) is 18.4. The molecular weight excluding hydrogens is 557 g/mol. The maximum atomic E-state index is 14.2. The normalized spacial score (nSPS) is 15.7. The van der Waals surface area contributed by atoms with E-state index < -0.39 is 35.0 Å². The molecule has 7 nitrogen and oxygen atoms in total. The van der Waals surface area contributed by atoms with Crippen LogP contribution in [0, 0.1) is 0 Å². The van der Waals surface area contributed by atoms with Crippen LogP contribution in [0.3, 0.4) is 0 Å². The summed E-state index contributed by atoms with van der Waals surface area (Å²) in [6.07, 6.45) is -3.56. The molecule has 1 aliphatic heterocycles. The van der Waals surface area contributed by atoms with Gasteiger partial charge in [0.05, 0.1) is 36.0 Å². The number of allylic oxidation sites excluding steroid dienone is 1. The zero-order valence-electron chi connectivity index (χ0n) is 21.3. The van der Waals surface area contributed by atoms with Gasteiger partial charge in [0, 0.05) is 5.02 Å². The summed E-state index contributed by atoms with van der Waals surface area (Å²) in [5, 5.41) is 0.336. The lowest BCUT2D eigenvalue weighted by Gasteiger charge is -2.26. The number of esters is 1. The molecule has 12 heteroatoms. The molecule has 0 saturated carbocycles. The van der Waals surface area contributed by atoms with Gasteiger partial charge in [-0.05, 0) is 62.2 Å². The lowest BCUT2D eigenvalue weighted by molar-refractivity contribution is -0.140. The number of nitrogens with zero attached hydrogens (tertiary/aromatic N) is 2. The number of fused-ring (bicyclic) bond motifs is 1. The minimum atomic E-state index is -4.98. The molecule has 1 aliphatic rings. The highest BCUT2D eigenvalue weighted by atomic mass is 35.5. The zero-order chi connectivity index (χ0) is 28.5. The van der Waals surface area contributed by atoms with E-state index in [1.807, 2.05) is 13.8 Å². The third kappa shape index (κ3) is 5.89. The van der Waals surface area contributed by atoms with Crippen LogP contribution >= 0.6 is 22.9 Å². The number of ether oxygens (including phenoxy) is 3. The molecule has 2 aromatic carbocycles. The Hall–Kier alpha value is -3.57. The molecule has 0 fully saturated rings. The smallest absolute Gasteiger partial charge is 0.434 e. The molecule has 0 N–H and O–H groups in total. The van der Waals surface area contributed by atoms with Crippen LogP contribution in [-0.4, -0.2) is 36.5 Å². The SMILES string of the molecule is CCOC(=O)C1=C(C(F)(F)F)N=c2s/c(=C\c3ccc(OC(C)C)c(OC)c3)c(=O)n2[C@@H]1c1ccc(Cl)cc1. The summed E-state index contributed by atoms with van der Waals surface area (Å²) in [4.78, 5) is 30.1. The van der Waals surface area contributed by atoms with E-state index in [1.165, 1.54) is 44.4 Å². The van der Waals surface area contributed by atoms with Crippen molar-refractivity contribution in [1.82, 2.24) is 4.57 Å². The molecule has 0 bridgehead atoms. The molecule has 0 saturated heterocycles. The predicted molar refractivity (Wildman–Crippen MR) is 141 cm³/mol. The summed E-state index contributed by atoms with van der Waals surface area (Å²) in [6.45, 7) is 5.05. The van der Waals surface area contributed by atoms with Gasteiger partial charge in [0.15, 0.2) is 22.0 Å². The lowest BCUT2D eigenvalue weighted by Crippen LogP contribution is -2.41. The number of benzene rings is 2. The Labute approximate surface area is 230 Å². The maximum absolute atomic E-state index is 14.2. The average molecular weight is 581 g/mol. The Morgan fingerprint density at radius 2 is 1.87 bits per heavy atom. The minimum absolute atomic E-state index is 0.0993. The molecule has 4 rings (SSSR count). The summed E-state index contributed by atoms with van der Waals surface area (Å²) < 4.78 is 59.9. The molecule has 0 unspecified atom stereocenters. The maximum Gasteiger partial charge on any atom is 0.434 e. The van der Waals surface area contributed by atoms with Crippen LogP contribution in [-0.2, 0) is 9.53 Å². The summed E-state index contributed by atoms with van der Waals surface area (Å²) in [5.41, 5.74) is -2.02. The second-order valence-corrected chi connectivity index (χ2v) is 10.1. The first-order valence-electron chi connectivity index (χ1n) is 11.8. The van der Waals surface area contributed by atoms with E-state index in [1.54, 1.807) is 18.2 Å². The zero-order valence-corrected chi connectivity index (χ0v) is 22.9. The fourth-order valence-electron chi connectivity index (χ4n) is 4.08. The quantitative estimate of drug-likeness (QED) is 0.376. The van der Waals surface area contributed by atoms with Crippen molar-refractivity contribution in [2.24, 2.45) is 4.99 Å². The molecule has 0 amide bonds. The Bertz CT molecular complexity index is 1610. The lowest BCUT2D eigenvalue weighted by atomic mass is 9.95. The van der Waals surface area contributed by atoms with Gasteiger partial charge in [0.25, 0.3) is 5.56 Å². The average Bonchev–Trinajstić information content (AvgIpc) is 3.18. The molecule has 1 atom stereocenters. The first-order valence-corrected chi connectivity index (χ1v) is 13.0. The number of hydrogen-bond donors (Lipinski definition) is 0. The third-order valence-corrected chi connectivity index (χ3v) is 6.86. The van der Waals surface area contributed by atoms with Crippen LogP contribution in [0.2, 0.25) is 5.02 Å². The highest BCUT2D eigenvalue weighted by molar-refractivity contribution is 7.07. The van der Waals surface area contributed by atoms with Gasteiger partial charge in [0.2, 0.25) is 0 Å². The number of aromatic nitrogens is 1. The predicted octanol–water partition coefficient (Wildman–Crippen LogP) is 4.79. The van der Waals surface area contributed by atoms with E-state index in [0.29, 0.717) is 22.1 Å². The number of hydrogen-bond acceptors (Lipinski definition) is 7. The number of halogens is 4. The number of carbonyl (C=O) groups is 1. The van der Waals surface area contributed by atoms with Crippen LogP contribution in [0.25, 0.3) is 6.08 Å². The topological polar surface area (TPSA) is 79.1 Å². The van der Waals surface area contributed by atoms with Gasteiger partial charge in [-0.1, -0.05) is 41.1 Å². The van der Waals surface area contributed by atoms with Crippen molar-refractivity contribution >= 4 is 35.0 Å². The van der Waals surface area contributed by atoms with Gasteiger partial charge < -0.3 is 14.2 Å². The molecule has 206 valence electrons. The van der Waals surface area contributed by atoms with Crippen LogP contribution < -0.4 is 24.4 Å². The first kappa shape index (κ1) is 28.4. The summed E-state index contributed by atoms with van der Waals surface area (Å²) in [7, 11) is 1.47. The van der Waals surface area contributed by atoms with Gasteiger partial charge in [-0.3, -0.25) is 9.36 Å². The van der Waals surface area contributed by atoms with E-state index in [4.69, 9.17) is 25.8 Å². The van der Waals surface area contributed by atoms with Crippen molar-refractivity contribution in [2.75, 3.05) is 13.7 Å².